The zero-order valence-electron chi connectivity index (χ0n) is 14.1. The topological polar surface area (TPSA) is 65.7 Å². The fourth-order valence-electron chi connectivity index (χ4n) is 2.15. The van der Waals surface area contributed by atoms with E-state index in [4.69, 9.17) is 9.72 Å². The van der Waals surface area contributed by atoms with E-state index in [1.54, 1.807) is 30.2 Å². The molecular weight excluding hydrogens is 342 g/mol. The first-order chi connectivity index (χ1) is 11.5. The molecule has 0 saturated carbocycles. The Bertz CT molecular complexity index is 822. The Morgan fingerprint density at radius 2 is 2.04 bits per heavy atom. The molecule has 0 aliphatic heterocycles. The third-order valence-electron chi connectivity index (χ3n) is 3.31. The molecule has 0 spiro atoms. The average Bonchev–Trinajstić information content (AvgIpc) is 3.21. The van der Waals surface area contributed by atoms with Gasteiger partial charge in [0.2, 0.25) is 5.16 Å². The van der Waals surface area contributed by atoms with E-state index in [0.29, 0.717) is 0 Å². The van der Waals surface area contributed by atoms with Crippen molar-refractivity contribution in [1.29, 1.82) is 0 Å². The molecular formula is C16H19N5OS2. The van der Waals surface area contributed by atoms with E-state index < -0.39 is 0 Å². The Hall–Kier alpha value is -1.93. The standard InChI is InChI=1S/C16H19N5OS2/c1-16(2,3)21-15(18-19-20-21)24-10-11-9-23-14(17-11)12-7-5-6-8-13(12)22-4/h5-9H,10H2,1-4H3. The molecule has 2 aromatic heterocycles. The number of tetrazole rings is 1. The first kappa shape index (κ1) is 16.9. The van der Waals surface area contributed by atoms with E-state index in [-0.39, 0.29) is 5.54 Å². The van der Waals surface area contributed by atoms with E-state index in [1.807, 2.05) is 28.9 Å². The largest absolute Gasteiger partial charge is 0.496 e. The van der Waals surface area contributed by atoms with Gasteiger partial charge in [0, 0.05) is 11.1 Å². The van der Waals surface area contributed by atoms with Crippen LogP contribution in [0, 0.1) is 0 Å². The van der Waals surface area contributed by atoms with E-state index in [0.717, 1.165) is 32.9 Å². The molecule has 6 nitrogen and oxygen atoms in total. The third kappa shape index (κ3) is 3.59. The number of thiazole rings is 1. The highest BCUT2D eigenvalue weighted by Crippen LogP contribution is 2.33. The van der Waals surface area contributed by atoms with Gasteiger partial charge in [-0.2, -0.15) is 0 Å². The zero-order valence-corrected chi connectivity index (χ0v) is 15.7. The van der Waals surface area contributed by atoms with Crippen LogP contribution in [-0.2, 0) is 11.3 Å². The van der Waals surface area contributed by atoms with Gasteiger partial charge in [0.05, 0.1) is 23.9 Å². The molecule has 0 bridgehead atoms. The maximum atomic E-state index is 5.41. The normalized spacial score (nSPS) is 11.7. The summed E-state index contributed by atoms with van der Waals surface area (Å²) in [5.41, 5.74) is 1.88. The summed E-state index contributed by atoms with van der Waals surface area (Å²) in [5.74, 6) is 1.56. The smallest absolute Gasteiger partial charge is 0.210 e. The van der Waals surface area contributed by atoms with E-state index in [9.17, 15) is 0 Å². The molecule has 1 aromatic carbocycles. The van der Waals surface area contributed by atoms with Crippen LogP contribution in [0.4, 0.5) is 0 Å². The van der Waals surface area contributed by atoms with Crippen molar-refractivity contribution in [2.45, 2.75) is 37.2 Å². The minimum Gasteiger partial charge on any atom is -0.496 e. The van der Waals surface area contributed by atoms with Crippen LogP contribution < -0.4 is 4.74 Å². The van der Waals surface area contributed by atoms with Crippen LogP contribution in [0.2, 0.25) is 0 Å². The van der Waals surface area contributed by atoms with Crippen molar-refractivity contribution in [2.75, 3.05) is 7.11 Å². The number of methoxy groups -OCH3 is 1. The number of thioether (sulfide) groups is 1. The molecule has 3 rings (SSSR count). The van der Waals surface area contributed by atoms with E-state index >= 15 is 0 Å². The van der Waals surface area contributed by atoms with Crippen LogP contribution in [0.15, 0.2) is 34.8 Å². The van der Waals surface area contributed by atoms with Gasteiger partial charge < -0.3 is 4.74 Å². The van der Waals surface area contributed by atoms with Gasteiger partial charge in [-0.25, -0.2) is 9.67 Å². The lowest BCUT2D eigenvalue weighted by Gasteiger charge is -2.19. The second-order valence-corrected chi connectivity index (χ2v) is 7.98. The molecule has 0 N–H and O–H groups in total. The van der Waals surface area contributed by atoms with Gasteiger partial charge in [-0.3, -0.25) is 0 Å². The van der Waals surface area contributed by atoms with Gasteiger partial charge in [-0.05, 0) is 43.3 Å². The van der Waals surface area contributed by atoms with Crippen LogP contribution in [-0.4, -0.2) is 32.3 Å². The van der Waals surface area contributed by atoms with Gasteiger partial charge >= 0.3 is 0 Å². The highest BCUT2D eigenvalue weighted by molar-refractivity contribution is 7.98. The molecule has 0 radical (unpaired) electrons. The van der Waals surface area contributed by atoms with Gasteiger partial charge in [0.15, 0.2) is 0 Å². The number of nitrogens with zero attached hydrogens (tertiary/aromatic N) is 5. The summed E-state index contributed by atoms with van der Waals surface area (Å²) >= 11 is 3.21. The molecule has 0 aliphatic rings. The Balaban J connectivity index is 1.75. The number of hydrogen-bond acceptors (Lipinski definition) is 7. The second-order valence-electron chi connectivity index (χ2n) is 6.18. The van der Waals surface area contributed by atoms with E-state index in [1.165, 1.54) is 0 Å². The summed E-state index contributed by atoms with van der Waals surface area (Å²) in [4.78, 5) is 4.72. The second kappa shape index (κ2) is 6.90. The van der Waals surface area contributed by atoms with Crippen molar-refractivity contribution >= 4 is 23.1 Å². The lowest BCUT2D eigenvalue weighted by molar-refractivity contribution is 0.321. The Morgan fingerprint density at radius 1 is 1.25 bits per heavy atom. The summed E-state index contributed by atoms with van der Waals surface area (Å²) in [6.07, 6.45) is 0. The number of aromatic nitrogens is 5. The van der Waals surface area contributed by atoms with Crippen LogP contribution in [0.1, 0.15) is 26.5 Å². The molecule has 0 unspecified atom stereocenters. The molecule has 126 valence electrons. The fourth-order valence-corrected chi connectivity index (χ4v) is 4.05. The summed E-state index contributed by atoms with van der Waals surface area (Å²) in [7, 11) is 1.68. The maximum Gasteiger partial charge on any atom is 0.210 e. The number of hydrogen-bond donors (Lipinski definition) is 0. The molecule has 0 aliphatic carbocycles. The van der Waals surface area contributed by atoms with E-state index in [2.05, 4.69) is 41.7 Å². The Labute approximate surface area is 149 Å². The molecule has 24 heavy (non-hydrogen) atoms. The van der Waals surface area contributed by atoms with Crippen LogP contribution in [0.5, 0.6) is 5.75 Å². The molecule has 2 heterocycles. The first-order valence-electron chi connectivity index (χ1n) is 7.48. The maximum absolute atomic E-state index is 5.41. The van der Waals surface area contributed by atoms with Crippen LogP contribution in [0.25, 0.3) is 10.6 Å². The summed E-state index contributed by atoms with van der Waals surface area (Å²) in [6, 6.07) is 7.92. The number of benzene rings is 1. The first-order valence-corrected chi connectivity index (χ1v) is 9.35. The number of ether oxygens (including phenoxy) is 1. The molecule has 3 aromatic rings. The fraction of sp³-hybridized carbons (Fsp3) is 0.375. The highest BCUT2D eigenvalue weighted by atomic mass is 32.2. The summed E-state index contributed by atoms with van der Waals surface area (Å²) < 4.78 is 7.25. The average molecular weight is 361 g/mol. The summed E-state index contributed by atoms with van der Waals surface area (Å²) in [6.45, 7) is 6.24. The third-order valence-corrected chi connectivity index (χ3v) is 5.19. The van der Waals surface area contributed by atoms with Crippen molar-refractivity contribution < 1.29 is 4.74 Å². The Morgan fingerprint density at radius 3 is 2.79 bits per heavy atom. The molecule has 8 heteroatoms. The van der Waals surface area contributed by atoms with Crippen LogP contribution >= 0.6 is 23.1 Å². The molecule has 0 amide bonds. The van der Waals surface area contributed by atoms with Crippen molar-refractivity contribution in [3.8, 4) is 16.3 Å². The van der Waals surface area contributed by atoms with Gasteiger partial charge in [0.25, 0.3) is 0 Å². The van der Waals surface area contributed by atoms with Crippen LogP contribution in [0.3, 0.4) is 0 Å². The Kier molecular flexibility index (Phi) is 4.86. The number of para-hydroxylation sites is 1. The minimum atomic E-state index is -0.142. The monoisotopic (exact) mass is 361 g/mol. The van der Waals surface area contributed by atoms with Crippen molar-refractivity contribution in [3.05, 3.63) is 35.3 Å². The lowest BCUT2D eigenvalue weighted by atomic mass is 10.1. The predicted molar refractivity (Wildman–Crippen MR) is 96.5 cm³/mol. The minimum absolute atomic E-state index is 0.142. The van der Waals surface area contributed by atoms with Gasteiger partial charge in [0.1, 0.15) is 10.8 Å². The molecule has 0 saturated heterocycles. The quantitative estimate of drug-likeness (QED) is 0.643. The van der Waals surface area contributed by atoms with Gasteiger partial charge in [-0.1, -0.05) is 23.9 Å². The van der Waals surface area contributed by atoms with Crippen molar-refractivity contribution in [2.24, 2.45) is 0 Å². The lowest BCUT2D eigenvalue weighted by Crippen LogP contribution is -2.24. The van der Waals surface area contributed by atoms with Gasteiger partial charge in [-0.15, -0.1) is 16.4 Å². The van der Waals surface area contributed by atoms with Crippen molar-refractivity contribution in [1.82, 2.24) is 25.2 Å². The highest BCUT2D eigenvalue weighted by Gasteiger charge is 2.20. The predicted octanol–water partition coefficient (Wildman–Crippen LogP) is 3.85. The number of rotatable bonds is 5. The zero-order chi connectivity index (χ0) is 17.2. The molecule has 0 atom stereocenters. The SMILES string of the molecule is COc1ccccc1-c1nc(CSc2nnnn2C(C)(C)C)cs1. The van der Waals surface area contributed by atoms with Crippen molar-refractivity contribution in [3.63, 3.8) is 0 Å². The molecule has 0 fully saturated rings. The summed E-state index contributed by atoms with van der Waals surface area (Å²) in [5, 5.41) is 15.8.